The smallest absolute Gasteiger partial charge is 0.251 e. The van der Waals surface area contributed by atoms with E-state index in [0.717, 1.165) is 12.0 Å². The second-order valence-corrected chi connectivity index (χ2v) is 9.78. The summed E-state index contributed by atoms with van der Waals surface area (Å²) in [5.41, 5.74) is 8.84. The number of carbonyl (C=O) groups is 1. The lowest BCUT2D eigenvalue weighted by Gasteiger charge is -2.26. The summed E-state index contributed by atoms with van der Waals surface area (Å²) in [6.45, 7) is 5.83. The number of nitrogens with two attached hydrogens (primary N) is 1. The van der Waals surface area contributed by atoms with Crippen LogP contribution in [0.2, 0.25) is 5.02 Å². The molecule has 0 saturated carbocycles. The fourth-order valence-corrected chi connectivity index (χ4v) is 4.51. The van der Waals surface area contributed by atoms with Gasteiger partial charge in [0.25, 0.3) is 5.91 Å². The summed E-state index contributed by atoms with van der Waals surface area (Å²) >= 11 is 6.29. The molecule has 8 heteroatoms. The highest BCUT2D eigenvalue weighted by molar-refractivity contribution is 6.32. The summed E-state index contributed by atoms with van der Waals surface area (Å²) in [5.74, 6) is 0.604. The zero-order valence-corrected chi connectivity index (χ0v) is 21.2. The molecule has 0 fully saturated rings. The fraction of sp³-hybridized carbons (Fsp3) is 0.500. The Labute approximate surface area is 207 Å². The topological polar surface area (TPSA) is 99.9 Å². The number of amides is 1. The molecule has 7 nitrogen and oxygen atoms in total. The van der Waals surface area contributed by atoms with E-state index in [0.29, 0.717) is 29.2 Å². The molecule has 0 saturated heterocycles. The lowest BCUT2D eigenvalue weighted by molar-refractivity contribution is 0.0930. The zero-order valence-electron chi connectivity index (χ0n) is 20.4. The summed E-state index contributed by atoms with van der Waals surface area (Å²) in [7, 11) is 2.03. The maximum atomic E-state index is 12.8. The van der Waals surface area contributed by atoms with E-state index in [1.165, 1.54) is 5.70 Å². The van der Waals surface area contributed by atoms with Crippen LogP contribution in [-0.2, 0) is 0 Å². The molecule has 3 rings (SSSR count). The maximum Gasteiger partial charge on any atom is 0.251 e. The van der Waals surface area contributed by atoms with Crippen LogP contribution in [-0.4, -0.2) is 53.9 Å². The number of halogens is 1. The SMILES string of the molecule is CC(C)Oc1ccc(C(=O)N[C@H](CCO)CC2=CCC(C3=CN(C)C(C(C)N)N3)C=C2)cc1Cl. The average molecular weight is 489 g/mol. The largest absolute Gasteiger partial charge is 0.489 e. The van der Waals surface area contributed by atoms with Crippen LogP contribution in [0.5, 0.6) is 5.75 Å². The Morgan fingerprint density at radius 2 is 2.15 bits per heavy atom. The van der Waals surface area contributed by atoms with Crippen LogP contribution in [0.25, 0.3) is 0 Å². The van der Waals surface area contributed by atoms with Crippen molar-refractivity contribution >= 4 is 17.5 Å². The van der Waals surface area contributed by atoms with Crippen molar-refractivity contribution in [2.45, 2.75) is 64.4 Å². The van der Waals surface area contributed by atoms with E-state index in [1.807, 2.05) is 27.8 Å². The molecule has 1 aliphatic heterocycles. The number of nitrogens with zero attached hydrogens (tertiary/aromatic N) is 1. The summed E-state index contributed by atoms with van der Waals surface area (Å²) in [5, 5.41) is 16.5. The molecule has 0 spiro atoms. The summed E-state index contributed by atoms with van der Waals surface area (Å²) in [6, 6.07) is 4.86. The van der Waals surface area contributed by atoms with Crippen molar-refractivity contribution in [2.24, 2.45) is 11.7 Å². The third-order valence-corrected chi connectivity index (χ3v) is 6.32. The molecular formula is C26H37ClN4O3. The second-order valence-electron chi connectivity index (χ2n) is 9.38. The van der Waals surface area contributed by atoms with Gasteiger partial charge in [0.1, 0.15) is 11.9 Å². The summed E-state index contributed by atoms with van der Waals surface area (Å²) in [6.07, 6.45) is 10.7. The molecule has 1 amide bonds. The molecule has 1 aromatic rings. The first-order valence-corrected chi connectivity index (χ1v) is 12.3. The van der Waals surface area contributed by atoms with Crippen molar-refractivity contribution in [1.29, 1.82) is 0 Å². The van der Waals surface area contributed by atoms with Gasteiger partial charge in [0, 0.05) is 49.1 Å². The lowest BCUT2D eigenvalue weighted by atomic mass is 9.91. The quantitative estimate of drug-likeness (QED) is 0.402. The van der Waals surface area contributed by atoms with Crippen LogP contribution < -0.4 is 21.1 Å². The third-order valence-electron chi connectivity index (χ3n) is 6.02. The van der Waals surface area contributed by atoms with Gasteiger partial charge in [0.15, 0.2) is 0 Å². The van der Waals surface area contributed by atoms with Crippen molar-refractivity contribution in [3.63, 3.8) is 0 Å². The van der Waals surface area contributed by atoms with E-state index in [2.05, 4.69) is 40.0 Å². The lowest BCUT2D eigenvalue weighted by Crippen LogP contribution is -2.47. The normalized spacial score (nSPS) is 21.6. The Bertz CT molecular complexity index is 957. The maximum absolute atomic E-state index is 12.8. The average Bonchev–Trinajstić information content (AvgIpc) is 3.17. The standard InChI is InChI=1S/C26H37ClN4O3/c1-16(2)34-24-10-9-20(14-22(24)27)26(33)29-21(11-12-32)13-18-5-7-19(8-6-18)23-15-31(4)25(30-23)17(3)28/h5-7,9-10,14-17,19,21,25,30,32H,8,11-13,28H2,1-4H3,(H,29,33)/t17?,19?,21-,25?/m1/s1. The van der Waals surface area contributed by atoms with E-state index >= 15 is 0 Å². The van der Waals surface area contributed by atoms with E-state index in [9.17, 15) is 9.90 Å². The number of hydrogen-bond donors (Lipinski definition) is 4. The number of aliphatic hydroxyl groups is 1. The second kappa shape index (κ2) is 11.8. The number of allylic oxidation sites excluding steroid dienone is 3. The van der Waals surface area contributed by atoms with Crippen LogP contribution >= 0.6 is 11.6 Å². The Hall–Kier alpha value is -2.48. The highest BCUT2D eigenvalue weighted by Gasteiger charge is 2.28. The molecule has 5 N–H and O–H groups in total. The number of carbonyl (C=O) groups excluding carboxylic acids is 1. The van der Waals surface area contributed by atoms with Crippen molar-refractivity contribution in [1.82, 2.24) is 15.5 Å². The van der Waals surface area contributed by atoms with Crippen LogP contribution in [0.3, 0.4) is 0 Å². The van der Waals surface area contributed by atoms with Gasteiger partial charge >= 0.3 is 0 Å². The molecular weight excluding hydrogens is 452 g/mol. The van der Waals surface area contributed by atoms with Crippen LogP contribution in [0.4, 0.5) is 0 Å². The van der Waals surface area contributed by atoms with E-state index in [-0.39, 0.29) is 42.8 Å². The van der Waals surface area contributed by atoms with Gasteiger partial charge < -0.3 is 31.1 Å². The number of rotatable bonds is 10. The molecule has 3 unspecified atom stereocenters. The highest BCUT2D eigenvalue weighted by atomic mass is 35.5. The Kier molecular flexibility index (Phi) is 9.05. The van der Waals surface area contributed by atoms with Crippen molar-refractivity contribution in [3.8, 4) is 5.75 Å². The molecule has 4 atom stereocenters. The number of nitrogens with one attached hydrogen (secondary N) is 2. The molecule has 0 aromatic heterocycles. The molecule has 34 heavy (non-hydrogen) atoms. The molecule has 0 radical (unpaired) electrons. The first kappa shape index (κ1) is 26.1. The van der Waals surface area contributed by atoms with Crippen LogP contribution in [0.15, 0.2) is 53.9 Å². The van der Waals surface area contributed by atoms with Gasteiger partial charge in [-0.15, -0.1) is 0 Å². The predicted octanol–water partition coefficient (Wildman–Crippen LogP) is 3.55. The van der Waals surface area contributed by atoms with Gasteiger partial charge in [0.05, 0.1) is 11.1 Å². The Morgan fingerprint density at radius 3 is 2.71 bits per heavy atom. The summed E-state index contributed by atoms with van der Waals surface area (Å²) in [4.78, 5) is 15.0. The zero-order chi connectivity index (χ0) is 24.8. The van der Waals surface area contributed by atoms with Crippen molar-refractivity contribution < 1.29 is 14.6 Å². The van der Waals surface area contributed by atoms with Crippen LogP contribution in [0, 0.1) is 5.92 Å². The Balaban J connectivity index is 1.58. The molecule has 1 aliphatic carbocycles. The first-order valence-electron chi connectivity index (χ1n) is 11.9. The number of likely N-dealkylation sites (N-methyl/N-ethyl adjacent to an activating group) is 1. The summed E-state index contributed by atoms with van der Waals surface area (Å²) < 4.78 is 5.64. The monoisotopic (exact) mass is 488 g/mol. The third kappa shape index (κ3) is 6.78. The molecule has 2 aliphatic rings. The molecule has 186 valence electrons. The minimum absolute atomic E-state index is 0.00479. The minimum atomic E-state index is -0.222. The van der Waals surface area contributed by atoms with Gasteiger partial charge in [-0.1, -0.05) is 35.4 Å². The molecule has 1 aromatic carbocycles. The fourth-order valence-electron chi connectivity index (χ4n) is 4.29. The predicted molar refractivity (Wildman–Crippen MR) is 137 cm³/mol. The van der Waals surface area contributed by atoms with Gasteiger partial charge in [-0.05, 0) is 58.2 Å². The van der Waals surface area contributed by atoms with Gasteiger partial charge in [-0.3, -0.25) is 4.79 Å². The van der Waals surface area contributed by atoms with Gasteiger partial charge in [-0.2, -0.15) is 0 Å². The first-order chi connectivity index (χ1) is 16.2. The number of aliphatic hydroxyl groups excluding tert-OH is 1. The van der Waals surface area contributed by atoms with Crippen LogP contribution in [0.1, 0.15) is 50.4 Å². The highest BCUT2D eigenvalue weighted by Crippen LogP contribution is 2.29. The molecule has 1 heterocycles. The van der Waals surface area contributed by atoms with E-state index < -0.39 is 0 Å². The number of ether oxygens (including phenoxy) is 1. The van der Waals surface area contributed by atoms with Crippen molar-refractivity contribution in [2.75, 3.05) is 13.7 Å². The van der Waals surface area contributed by atoms with E-state index in [1.54, 1.807) is 18.2 Å². The van der Waals surface area contributed by atoms with Gasteiger partial charge in [0.2, 0.25) is 0 Å². The Morgan fingerprint density at radius 1 is 1.38 bits per heavy atom. The number of hydrogen-bond acceptors (Lipinski definition) is 6. The number of benzene rings is 1. The molecule has 0 bridgehead atoms. The van der Waals surface area contributed by atoms with E-state index in [4.69, 9.17) is 22.1 Å². The minimum Gasteiger partial charge on any atom is -0.489 e. The van der Waals surface area contributed by atoms with Crippen molar-refractivity contribution in [3.05, 3.63) is 64.5 Å². The van der Waals surface area contributed by atoms with Gasteiger partial charge in [-0.25, -0.2) is 0 Å².